The monoisotopic (exact) mass is 296 g/mol. The maximum atomic E-state index is 12.7. The van der Waals surface area contributed by atoms with Crippen molar-refractivity contribution in [3.05, 3.63) is 0 Å². The number of nitrogens with two attached hydrogens (primary N) is 1. The number of carbonyl (C=O) groups is 1. The van der Waals surface area contributed by atoms with Crippen LogP contribution in [0, 0.1) is 17.3 Å². The number of hydrogen-bond acceptors (Lipinski definition) is 2. The second kappa shape index (κ2) is 6.00. The van der Waals surface area contributed by atoms with Crippen LogP contribution in [0.15, 0.2) is 0 Å². The Balaban J connectivity index is 1.93. The Morgan fingerprint density at radius 2 is 1.75 bits per heavy atom. The fourth-order valence-electron chi connectivity index (χ4n) is 3.77. The first-order valence-corrected chi connectivity index (χ1v) is 8.31. The molecule has 3 nitrogen and oxygen atoms in total. The van der Waals surface area contributed by atoms with Gasteiger partial charge in [-0.3, -0.25) is 4.79 Å². The molecular formula is C16H28N2OS. The Bertz CT molecular complexity index is 380. The number of nitrogens with zero attached hydrogens (tertiary/aromatic N) is 1. The van der Waals surface area contributed by atoms with Gasteiger partial charge in [0.1, 0.15) is 0 Å². The third-order valence-corrected chi connectivity index (χ3v) is 5.44. The molecule has 0 spiro atoms. The van der Waals surface area contributed by atoms with Gasteiger partial charge in [-0.1, -0.05) is 33.0 Å². The van der Waals surface area contributed by atoms with E-state index in [1.54, 1.807) is 0 Å². The third kappa shape index (κ3) is 3.33. The summed E-state index contributed by atoms with van der Waals surface area (Å²) in [6.07, 6.45) is 6.38. The van der Waals surface area contributed by atoms with Gasteiger partial charge in [-0.25, -0.2) is 0 Å². The van der Waals surface area contributed by atoms with Gasteiger partial charge in [0.15, 0.2) is 0 Å². The second-order valence-corrected chi connectivity index (χ2v) is 7.98. The third-order valence-electron chi connectivity index (χ3n) is 5.17. The van der Waals surface area contributed by atoms with Crippen LogP contribution in [0.5, 0.6) is 0 Å². The van der Waals surface area contributed by atoms with Gasteiger partial charge < -0.3 is 10.6 Å². The lowest BCUT2D eigenvalue weighted by molar-refractivity contribution is -0.137. The molecule has 1 aliphatic carbocycles. The molecule has 1 aliphatic heterocycles. The summed E-state index contributed by atoms with van der Waals surface area (Å²) in [4.78, 5) is 15.1. The molecule has 1 atom stereocenters. The minimum atomic E-state index is 0.0119. The van der Waals surface area contributed by atoms with Crippen molar-refractivity contribution in [1.29, 1.82) is 0 Å². The van der Waals surface area contributed by atoms with Crippen LogP contribution in [0.25, 0.3) is 0 Å². The molecule has 1 saturated carbocycles. The van der Waals surface area contributed by atoms with Crippen molar-refractivity contribution in [2.75, 3.05) is 6.54 Å². The average molecular weight is 296 g/mol. The smallest absolute Gasteiger partial charge is 0.226 e. The minimum absolute atomic E-state index is 0.0119. The lowest BCUT2D eigenvalue weighted by Crippen LogP contribution is -2.46. The maximum absolute atomic E-state index is 12.7. The van der Waals surface area contributed by atoms with Gasteiger partial charge in [0.2, 0.25) is 5.91 Å². The fraction of sp³-hybridized carbons (Fsp3) is 0.875. The van der Waals surface area contributed by atoms with E-state index in [2.05, 4.69) is 20.8 Å². The number of carbonyl (C=O) groups excluding carboxylic acids is 1. The number of likely N-dealkylation sites (tertiary alicyclic amines) is 1. The summed E-state index contributed by atoms with van der Waals surface area (Å²) in [7, 11) is 0. The van der Waals surface area contributed by atoms with Crippen LogP contribution in [-0.2, 0) is 4.79 Å². The van der Waals surface area contributed by atoms with Gasteiger partial charge >= 0.3 is 0 Å². The van der Waals surface area contributed by atoms with E-state index in [4.69, 9.17) is 18.0 Å². The fourth-order valence-corrected chi connectivity index (χ4v) is 4.01. The van der Waals surface area contributed by atoms with Gasteiger partial charge in [0.25, 0.3) is 0 Å². The number of rotatable bonds is 2. The molecule has 4 heteroatoms. The minimum Gasteiger partial charge on any atom is -0.392 e. The van der Waals surface area contributed by atoms with Crippen LogP contribution in [0.2, 0.25) is 0 Å². The Kier molecular flexibility index (Phi) is 4.73. The molecule has 2 rings (SSSR count). The zero-order valence-electron chi connectivity index (χ0n) is 13.0. The molecule has 20 heavy (non-hydrogen) atoms. The van der Waals surface area contributed by atoms with Crippen molar-refractivity contribution in [3.63, 3.8) is 0 Å². The highest BCUT2D eigenvalue weighted by molar-refractivity contribution is 7.80. The van der Waals surface area contributed by atoms with Crippen LogP contribution < -0.4 is 5.73 Å². The van der Waals surface area contributed by atoms with Gasteiger partial charge in [-0.2, -0.15) is 0 Å². The van der Waals surface area contributed by atoms with Crippen molar-refractivity contribution in [1.82, 2.24) is 4.90 Å². The molecule has 1 saturated heterocycles. The van der Waals surface area contributed by atoms with E-state index in [1.165, 1.54) is 12.8 Å². The van der Waals surface area contributed by atoms with Crippen molar-refractivity contribution >= 4 is 23.1 Å². The standard InChI is InChI=1S/C16H28N2OS/c1-16(2,3)12-8-6-11(7-9-12)15(19)18-10-4-5-13(18)14(17)20/h11-13H,4-10H2,1-3H3,(H2,17,20). The number of hydrogen-bond donors (Lipinski definition) is 1. The summed E-state index contributed by atoms with van der Waals surface area (Å²) in [5.74, 6) is 1.24. The molecule has 2 aliphatic rings. The summed E-state index contributed by atoms with van der Waals surface area (Å²) in [5.41, 5.74) is 6.14. The Labute approximate surface area is 128 Å². The van der Waals surface area contributed by atoms with Crippen molar-refractivity contribution in [3.8, 4) is 0 Å². The van der Waals surface area contributed by atoms with Crippen LogP contribution in [0.3, 0.4) is 0 Å². The molecule has 1 unspecified atom stereocenters. The Morgan fingerprint density at radius 3 is 2.25 bits per heavy atom. The first-order chi connectivity index (χ1) is 9.30. The summed E-state index contributed by atoms with van der Waals surface area (Å²) >= 11 is 5.10. The Morgan fingerprint density at radius 1 is 1.15 bits per heavy atom. The Hall–Kier alpha value is -0.640. The van der Waals surface area contributed by atoms with E-state index in [0.29, 0.717) is 16.3 Å². The average Bonchev–Trinajstić information content (AvgIpc) is 2.86. The van der Waals surface area contributed by atoms with Gasteiger partial charge in [-0.05, 0) is 49.9 Å². The maximum Gasteiger partial charge on any atom is 0.226 e. The van der Waals surface area contributed by atoms with Crippen molar-refractivity contribution in [2.45, 2.75) is 65.3 Å². The second-order valence-electron chi connectivity index (χ2n) is 7.51. The molecule has 1 heterocycles. The molecule has 0 bridgehead atoms. The summed E-state index contributed by atoms with van der Waals surface area (Å²) < 4.78 is 0. The van der Waals surface area contributed by atoms with Gasteiger partial charge in [0.05, 0.1) is 11.0 Å². The quantitative estimate of drug-likeness (QED) is 0.796. The van der Waals surface area contributed by atoms with Gasteiger partial charge in [-0.15, -0.1) is 0 Å². The van der Waals surface area contributed by atoms with Gasteiger partial charge in [0, 0.05) is 12.5 Å². The molecule has 0 aromatic rings. The number of amides is 1. The van der Waals surface area contributed by atoms with E-state index < -0.39 is 0 Å². The zero-order valence-corrected chi connectivity index (χ0v) is 13.8. The molecule has 0 aromatic heterocycles. The lowest BCUT2D eigenvalue weighted by Gasteiger charge is -2.38. The van der Waals surface area contributed by atoms with E-state index in [1.807, 2.05) is 4.90 Å². The number of thiocarbonyl (C=S) groups is 1. The first-order valence-electron chi connectivity index (χ1n) is 7.90. The van der Waals surface area contributed by atoms with E-state index in [9.17, 15) is 4.79 Å². The highest BCUT2D eigenvalue weighted by atomic mass is 32.1. The highest BCUT2D eigenvalue weighted by Crippen LogP contribution is 2.40. The molecule has 114 valence electrons. The molecule has 2 fully saturated rings. The normalized spacial score (nSPS) is 31.4. The molecule has 2 N–H and O–H groups in total. The zero-order chi connectivity index (χ0) is 14.9. The van der Waals surface area contributed by atoms with Crippen molar-refractivity contribution < 1.29 is 4.79 Å². The topological polar surface area (TPSA) is 46.3 Å². The summed E-state index contributed by atoms with van der Waals surface area (Å²) in [6, 6.07) is 0.0119. The molecule has 0 aromatic carbocycles. The highest BCUT2D eigenvalue weighted by Gasteiger charge is 2.37. The largest absolute Gasteiger partial charge is 0.392 e. The SMILES string of the molecule is CC(C)(C)C1CCC(C(=O)N2CCCC2C(N)=S)CC1. The molecule has 1 amide bonds. The van der Waals surface area contributed by atoms with E-state index in [0.717, 1.165) is 38.1 Å². The predicted octanol–water partition coefficient (Wildman–Crippen LogP) is 3.12. The molecular weight excluding hydrogens is 268 g/mol. The van der Waals surface area contributed by atoms with E-state index >= 15 is 0 Å². The van der Waals surface area contributed by atoms with Crippen molar-refractivity contribution in [2.24, 2.45) is 23.0 Å². The van der Waals surface area contributed by atoms with Crippen LogP contribution in [-0.4, -0.2) is 28.4 Å². The molecule has 0 radical (unpaired) electrons. The van der Waals surface area contributed by atoms with E-state index in [-0.39, 0.29) is 12.0 Å². The van der Waals surface area contributed by atoms with Crippen LogP contribution >= 0.6 is 12.2 Å². The van der Waals surface area contributed by atoms with Crippen LogP contribution in [0.1, 0.15) is 59.3 Å². The first kappa shape index (κ1) is 15.7. The summed E-state index contributed by atoms with van der Waals surface area (Å²) in [5, 5.41) is 0. The summed E-state index contributed by atoms with van der Waals surface area (Å²) in [6.45, 7) is 7.76. The lowest BCUT2D eigenvalue weighted by atomic mass is 9.69. The van der Waals surface area contributed by atoms with Crippen LogP contribution in [0.4, 0.5) is 0 Å². The predicted molar refractivity (Wildman–Crippen MR) is 86.4 cm³/mol.